The monoisotopic (exact) mass is 276 g/mol. The number of methoxy groups -OCH3 is 1. The third-order valence-electron chi connectivity index (χ3n) is 3.84. The zero-order valence-electron chi connectivity index (χ0n) is 11.9. The van der Waals surface area contributed by atoms with E-state index < -0.39 is 0 Å². The van der Waals surface area contributed by atoms with Crippen LogP contribution in [0.2, 0.25) is 0 Å². The third kappa shape index (κ3) is 2.86. The number of hydrogen-bond donors (Lipinski definition) is 1. The van der Waals surface area contributed by atoms with Crippen LogP contribution in [0, 0.1) is 5.82 Å². The van der Waals surface area contributed by atoms with Gasteiger partial charge < -0.3 is 14.6 Å². The van der Waals surface area contributed by atoms with E-state index in [1.165, 1.54) is 24.5 Å². The van der Waals surface area contributed by atoms with Crippen LogP contribution in [0.4, 0.5) is 4.39 Å². The van der Waals surface area contributed by atoms with Gasteiger partial charge in [0.2, 0.25) is 0 Å². The summed E-state index contributed by atoms with van der Waals surface area (Å²) >= 11 is 0. The summed E-state index contributed by atoms with van der Waals surface area (Å²) in [7, 11) is 1.69. The predicted octanol–water partition coefficient (Wildman–Crippen LogP) is 3.07. The first-order valence-corrected chi connectivity index (χ1v) is 7.28. The summed E-state index contributed by atoms with van der Waals surface area (Å²) in [6.45, 7) is 2.31. The Labute approximate surface area is 118 Å². The van der Waals surface area contributed by atoms with E-state index in [0.29, 0.717) is 12.6 Å². The Morgan fingerprint density at radius 1 is 1.40 bits per heavy atom. The lowest BCUT2D eigenvalue weighted by Crippen LogP contribution is -2.14. The standard InChI is InChI=1S/C16H21FN2O/c1-20-9-3-8-19-11-12(10-18-13-6-7-13)14-4-2-5-15(17)16(14)19/h2,4-5,11,13,18H,3,6-10H2,1H3. The second-order valence-electron chi connectivity index (χ2n) is 5.49. The topological polar surface area (TPSA) is 26.2 Å². The largest absolute Gasteiger partial charge is 0.385 e. The Bertz CT molecular complexity index is 589. The fraction of sp³-hybridized carbons (Fsp3) is 0.500. The van der Waals surface area contributed by atoms with Crippen LogP contribution in [0.3, 0.4) is 0 Å². The van der Waals surface area contributed by atoms with Crippen molar-refractivity contribution in [1.29, 1.82) is 0 Å². The van der Waals surface area contributed by atoms with E-state index in [-0.39, 0.29) is 5.82 Å². The number of aryl methyl sites for hydroxylation is 1. The number of nitrogens with zero attached hydrogens (tertiary/aromatic N) is 1. The fourth-order valence-corrected chi connectivity index (χ4v) is 2.63. The molecular weight excluding hydrogens is 255 g/mol. The van der Waals surface area contributed by atoms with Gasteiger partial charge in [0.1, 0.15) is 5.82 Å². The van der Waals surface area contributed by atoms with Gasteiger partial charge in [-0.1, -0.05) is 12.1 Å². The average Bonchev–Trinajstić information content (AvgIpc) is 3.20. The van der Waals surface area contributed by atoms with Crippen molar-refractivity contribution in [2.24, 2.45) is 0 Å². The molecule has 1 saturated carbocycles. The van der Waals surface area contributed by atoms with E-state index in [1.807, 2.05) is 10.6 Å². The maximum absolute atomic E-state index is 14.1. The molecule has 0 radical (unpaired) electrons. The van der Waals surface area contributed by atoms with Crippen molar-refractivity contribution in [1.82, 2.24) is 9.88 Å². The quantitative estimate of drug-likeness (QED) is 0.787. The summed E-state index contributed by atoms with van der Waals surface area (Å²) in [5.41, 5.74) is 1.90. The number of para-hydroxylation sites is 1. The Morgan fingerprint density at radius 3 is 3.00 bits per heavy atom. The molecule has 20 heavy (non-hydrogen) atoms. The van der Waals surface area contributed by atoms with E-state index in [9.17, 15) is 4.39 Å². The van der Waals surface area contributed by atoms with E-state index in [2.05, 4.69) is 11.5 Å². The summed E-state index contributed by atoms with van der Waals surface area (Å²) in [4.78, 5) is 0. The summed E-state index contributed by atoms with van der Waals surface area (Å²) in [5.74, 6) is -0.141. The predicted molar refractivity (Wildman–Crippen MR) is 78.3 cm³/mol. The van der Waals surface area contributed by atoms with Crippen LogP contribution >= 0.6 is 0 Å². The molecule has 3 rings (SSSR count). The van der Waals surface area contributed by atoms with Gasteiger partial charge in [0, 0.05) is 44.4 Å². The van der Waals surface area contributed by atoms with Crippen molar-refractivity contribution in [3.63, 3.8) is 0 Å². The van der Waals surface area contributed by atoms with Crippen molar-refractivity contribution in [3.8, 4) is 0 Å². The number of nitrogens with one attached hydrogen (secondary N) is 1. The van der Waals surface area contributed by atoms with Crippen LogP contribution in [-0.2, 0) is 17.8 Å². The van der Waals surface area contributed by atoms with E-state index in [4.69, 9.17) is 4.74 Å². The maximum atomic E-state index is 14.1. The number of benzene rings is 1. The Kier molecular flexibility index (Phi) is 4.03. The number of fused-ring (bicyclic) bond motifs is 1. The molecule has 0 saturated heterocycles. The zero-order chi connectivity index (χ0) is 13.9. The molecule has 0 aliphatic heterocycles. The zero-order valence-corrected chi connectivity index (χ0v) is 11.9. The number of rotatable bonds is 7. The van der Waals surface area contributed by atoms with E-state index in [1.54, 1.807) is 13.2 Å². The maximum Gasteiger partial charge on any atom is 0.147 e. The van der Waals surface area contributed by atoms with Crippen LogP contribution in [0.1, 0.15) is 24.8 Å². The van der Waals surface area contributed by atoms with Gasteiger partial charge in [0.05, 0.1) is 5.52 Å². The molecule has 2 aromatic rings. The van der Waals surface area contributed by atoms with Crippen LogP contribution in [0.5, 0.6) is 0 Å². The molecular formula is C16H21FN2O. The molecule has 0 bridgehead atoms. The third-order valence-corrected chi connectivity index (χ3v) is 3.84. The highest BCUT2D eigenvalue weighted by molar-refractivity contribution is 5.84. The minimum absolute atomic E-state index is 0.141. The smallest absolute Gasteiger partial charge is 0.147 e. The lowest BCUT2D eigenvalue weighted by Gasteiger charge is -2.05. The Hall–Kier alpha value is -1.39. The van der Waals surface area contributed by atoms with E-state index in [0.717, 1.165) is 30.4 Å². The van der Waals surface area contributed by atoms with Gasteiger partial charge in [0.25, 0.3) is 0 Å². The summed E-state index contributed by atoms with van der Waals surface area (Å²) in [6.07, 6.45) is 5.50. The molecule has 108 valence electrons. The van der Waals surface area contributed by atoms with Gasteiger partial charge >= 0.3 is 0 Å². The molecule has 1 aliphatic rings. The number of ether oxygens (including phenoxy) is 1. The van der Waals surface area contributed by atoms with Crippen molar-refractivity contribution in [2.45, 2.75) is 38.4 Å². The van der Waals surface area contributed by atoms with Crippen molar-refractivity contribution >= 4 is 10.9 Å². The van der Waals surface area contributed by atoms with Crippen molar-refractivity contribution in [2.75, 3.05) is 13.7 Å². The van der Waals surface area contributed by atoms with Gasteiger partial charge in [-0.3, -0.25) is 0 Å². The lowest BCUT2D eigenvalue weighted by atomic mass is 10.1. The second kappa shape index (κ2) is 5.94. The molecule has 1 N–H and O–H groups in total. The molecule has 0 atom stereocenters. The fourth-order valence-electron chi connectivity index (χ4n) is 2.63. The normalized spacial score (nSPS) is 15.1. The van der Waals surface area contributed by atoms with Crippen LogP contribution < -0.4 is 5.32 Å². The Balaban J connectivity index is 1.87. The molecule has 0 unspecified atom stereocenters. The van der Waals surface area contributed by atoms with Gasteiger partial charge in [-0.05, 0) is 30.9 Å². The highest BCUT2D eigenvalue weighted by atomic mass is 19.1. The molecule has 0 amide bonds. The van der Waals surface area contributed by atoms with Gasteiger partial charge in [-0.25, -0.2) is 4.39 Å². The minimum Gasteiger partial charge on any atom is -0.385 e. The number of hydrogen-bond acceptors (Lipinski definition) is 2. The first kappa shape index (κ1) is 13.6. The summed E-state index contributed by atoms with van der Waals surface area (Å²) in [5, 5.41) is 4.53. The second-order valence-corrected chi connectivity index (χ2v) is 5.49. The highest BCUT2D eigenvalue weighted by Crippen LogP contribution is 2.26. The van der Waals surface area contributed by atoms with Crippen LogP contribution in [-0.4, -0.2) is 24.3 Å². The molecule has 0 spiro atoms. The summed E-state index contributed by atoms with van der Waals surface area (Å²) in [6, 6.07) is 6.00. The molecule has 1 aromatic carbocycles. The molecule has 3 nitrogen and oxygen atoms in total. The molecule has 1 aromatic heterocycles. The minimum atomic E-state index is -0.141. The first-order chi connectivity index (χ1) is 9.79. The van der Waals surface area contributed by atoms with E-state index >= 15 is 0 Å². The Morgan fingerprint density at radius 2 is 2.25 bits per heavy atom. The van der Waals surface area contributed by atoms with Gasteiger partial charge in [-0.2, -0.15) is 0 Å². The summed E-state index contributed by atoms with van der Waals surface area (Å²) < 4.78 is 21.2. The van der Waals surface area contributed by atoms with Gasteiger partial charge in [0.15, 0.2) is 0 Å². The first-order valence-electron chi connectivity index (χ1n) is 7.28. The number of aromatic nitrogens is 1. The van der Waals surface area contributed by atoms with Gasteiger partial charge in [-0.15, -0.1) is 0 Å². The molecule has 1 heterocycles. The van der Waals surface area contributed by atoms with Crippen molar-refractivity contribution in [3.05, 3.63) is 35.8 Å². The number of halogens is 1. The molecule has 1 fully saturated rings. The SMILES string of the molecule is COCCCn1cc(CNC2CC2)c2cccc(F)c21. The van der Waals surface area contributed by atoms with Crippen LogP contribution in [0.15, 0.2) is 24.4 Å². The van der Waals surface area contributed by atoms with Crippen LogP contribution in [0.25, 0.3) is 10.9 Å². The molecule has 4 heteroatoms. The average molecular weight is 276 g/mol. The van der Waals surface area contributed by atoms with Crippen molar-refractivity contribution < 1.29 is 9.13 Å². The highest BCUT2D eigenvalue weighted by Gasteiger charge is 2.21. The lowest BCUT2D eigenvalue weighted by molar-refractivity contribution is 0.190. The molecule has 1 aliphatic carbocycles.